The molecule has 1 saturated heterocycles. The molecule has 0 amide bonds. The zero-order valence-corrected chi connectivity index (χ0v) is 10.4. The van der Waals surface area contributed by atoms with Gasteiger partial charge in [0.05, 0.1) is 6.61 Å². The molecular weight excluding hydrogens is 254 g/mol. The van der Waals surface area contributed by atoms with Crippen molar-refractivity contribution >= 4 is 5.84 Å². The SMILES string of the molecule is C=C1N=C(NO)C=CN1[C@@H]1O[C@H](CO)C(O)[C@@]1(C)O. The summed E-state index contributed by atoms with van der Waals surface area (Å²) in [4.78, 5) is 5.35. The highest BCUT2D eigenvalue weighted by atomic mass is 16.6. The number of hydrogen-bond donors (Lipinski definition) is 5. The average molecular weight is 271 g/mol. The van der Waals surface area contributed by atoms with Crippen molar-refractivity contribution in [3.05, 3.63) is 24.7 Å². The quantitative estimate of drug-likeness (QED) is 0.388. The fraction of sp³-hybridized carbons (Fsp3) is 0.545. The zero-order chi connectivity index (χ0) is 14.2. The van der Waals surface area contributed by atoms with Crippen LogP contribution in [-0.4, -0.2) is 61.9 Å². The van der Waals surface area contributed by atoms with E-state index in [1.807, 2.05) is 5.48 Å². The van der Waals surface area contributed by atoms with E-state index >= 15 is 0 Å². The van der Waals surface area contributed by atoms with Crippen molar-refractivity contribution < 1.29 is 25.3 Å². The van der Waals surface area contributed by atoms with Gasteiger partial charge in [-0.2, -0.15) is 0 Å². The number of aliphatic imine (C=N–C) groups is 1. The maximum absolute atomic E-state index is 10.3. The molecule has 1 unspecified atom stereocenters. The van der Waals surface area contributed by atoms with Gasteiger partial charge in [0, 0.05) is 6.20 Å². The Balaban J connectivity index is 2.22. The first-order valence-electron chi connectivity index (χ1n) is 5.72. The van der Waals surface area contributed by atoms with Crippen LogP contribution < -0.4 is 5.48 Å². The van der Waals surface area contributed by atoms with E-state index < -0.39 is 30.6 Å². The molecule has 2 rings (SSSR count). The number of nitrogens with one attached hydrogen (secondary N) is 1. The highest BCUT2D eigenvalue weighted by Crippen LogP contribution is 2.35. The first kappa shape index (κ1) is 14.0. The average Bonchev–Trinajstić information content (AvgIpc) is 2.61. The van der Waals surface area contributed by atoms with Gasteiger partial charge in [-0.05, 0) is 13.0 Å². The molecule has 5 N–H and O–H groups in total. The molecule has 0 aromatic heterocycles. The van der Waals surface area contributed by atoms with E-state index in [4.69, 9.17) is 15.1 Å². The standard InChI is InChI=1S/C11H17N3O5/c1-6-12-8(13-18)3-4-14(6)10-11(2,17)9(16)7(5-15)19-10/h3-4,7,9-10,15-18H,1,5H2,2H3,(H,12,13)/t7-,9?,10-,11-/m1/s1. The summed E-state index contributed by atoms with van der Waals surface area (Å²) >= 11 is 0. The number of ether oxygens (including phenoxy) is 1. The Morgan fingerprint density at radius 2 is 2.32 bits per heavy atom. The van der Waals surface area contributed by atoms with Gasteiger partial charge in [-0.25, -0.2) is 4.99 Å². The molecule has 8 nitrogen and oxygen atoms in total. The van der Waals surface area contributed by atoms with Crippen molar-refractivity contribution in [2.24, 2.45) is 4.99 Å². The molecule has 0 spiro atoms. The summed E-state index contributed by atoms with van der Waals surface area (Å²) in [6, 6.07) is 0. The molecule has 0 aromatic carbocycles. The molecule has 2 aliphatic heterocycles. The van der Waals surface area contributed by atoms with Crippen molar-refractivity contribution in [2.45, 2.75) is 31.0 Å². The monoisotopic (exact) mass is 271 g/mol. The molecule has 2 aliphatic rings. The smallest absolute Gasteiger partial charge is 0.167 e. The summed E-state index contributed by atoms with van der Waals surface area (Å²) in [5, 5.41) is 38.0. The van der Waals surface area contributed by atoms with Crippen molar-refractivity contribution in [1.82, 2.24) is 10.4 Å². The lowest BCUT2D eigenvalue weighted by atomic mass is 9.96. The Morgan fingerprint density at radius 3 is 2.79 bits per heavy atom. The number of aliphatic hydroxyl groups excluding tert-OH is 2. The molecule has 4 atom stereocenters. The van der Waals surface area contributed by atoms with E-state index in [1.54, 1.807) is 0 Å². The molecular formula is C11H17N3O5. The van der Waals surface area contributed by atoms with Gasteiger partial charge in [-0.15, -0.1) is 0 Å². The third-order valence-electron chi connectivity index (χ3n) is 3.24. The second-order valence-electron chi connectivity index (χ2n) is 4.63. The summed E-state index contributed by atoms with van der Waals surface area (Å²) in [6.07, 6.45) is -0.105. The van der Waals surface area contributed by atoms with E-state index in [0.717, 1.165) is 0 Å². The summed E-state index contributed by atoms with van der Waals surface area (Å²) in [5.74, 6) is 0.410. The number of hydrogen-bond acceptors (Lipinski definition) is 8. The Hall–Kier alpha value is -1.45. The Morgan fingerprint density at radius 1 is 1.63 bits per heavy atom. The first-order valence-corrected chi connectivity index (χ1v) is 5.72. The van der Waals surface area contributed by atoms with Crippen molar-refractivity contribution in [3.63, 3.8) is 0 Å². The van der Waals surface area contributed by atoms with Gasteiger partial charge in [0.15, 0.2) is 12.1 Å². The van der Waals surface area contributed by atoms with Gasteiger partial charge in [0.2, 0.25) is 0 Å². The number of hydroxylamine groups is 1. The van der Waals surface area contributed by atoms with Crippen molar-refractivity contribution in [2.75, 3.05) is 6.61 Å². The second kappa shape index (κ2) is 4.91. The van der Waals surface area contributed by atoms with Gasteiger partial charge in [0.25, 0.3) is 0 Å². The van der Waals surface area contributed by atoms with E-state index in [1.165, 1.54) is 24.1 Å². The Labute approximate surface area is 109 Å². The van der Waals surface area contributed by atoms with Gasteiger partial charge in [-0.3, -0.25) is 10.7 Å². The van der Waals surface area contributed by atoms with Crippen LogP contribution in [0.5, 0.6) is 0 Å². The van der Waals surface area contributed by atoms with Crippen LogP contribution in [0.1, 0.15) is 6.92 Å². The molecule has 1 fully saturated rings. The van der Waals surface area contributed by atoms with Gasteiger partial charge in [-0.1, -0.05) is 6.58 Å². The minimum absolute atomic E-state index is 0.193. The first-order chi connectivity index (χ1) is 8.91. The van der Waals surface area contributed by atoms with Crippen LogP contribution in [-0.2, 0) is 4.74 Å². The summed E-state index contributed by atoms with van der Waals surface area (Å²) < 4.78 is 5.43. The van der Waals surface area contributed by atoms with Gasteiger partial charge < -0.3 is 25.0 Å². The third-order valence-corrected chi connectivity index (χ3v) is 3.24. The highest BCUT2D eigenvalue weighted by Gasteiger charge is 2.54. The van der Waals surface area contributed by atoms with Crippen molar-refractivity contribution in [1.29, 1.82) is 0 Å². The number of rotatable bonds is 2. The molecule has 0 aromatic rings. The Bertz CT molecular complexity index is 434. The van der Waals surface area contributed by atoms with E-state index in [9.17, 15) is 10.2 Å². The van der Waals surface area contributed by atoms with Gasteiger partial charge >= 0.3 is 0 Å². The van der Waals surface area contributed by atoms with Crippen LogP contribution in [0.3, 0.4) is 0 Å². The number of nitrogens with zero attached hydrogens (tertiary/aromatic N) is 2. The number of amidine groups is 1. The zero-order valence-electron chi connectivity index (χ0n) is 10.4. The van der Waals surface area contributed by atoms with E-state index in [0.29, 0.717) is 0 Å². The van der Waals surface area contributed by atoms with Gasteiger partial charge in [0.1, 0.15) is 23.6 Å². The molecule has 106 valence electrons. The van der Waals surface area contributed by atoms with E-state index in [-0.39, 0.29) is 11.7 Å². The molecule has 8 heteroatoms. The molecule has 0 bridgehead atoms. The fourth-order valence-electron chi connectivity index (χ4n) is 2.14. The van der Waals surface area contributed by atoms with Crippen molar-refractivity contribution in [3.8, 4) is 0 Å². The molecule has 19 heavy (non-hydrogen) atoms. The minimum Gasteiger partial charge on any atom is -0.394 e. The summed E-state index contributed by atoms with van der Waals surface area (Å²) in [6.45, 7) is 4.67. The molecule has 0 aliphatic carbocycles. The predicted octanol–water partition coefficient (Wildman–Crippen LogP) is -1.51. The maximum atomic E-state index is 10.3. The predicted molar refractivity (Wildman–Crippen MR) is 64.9 cm³/mol. The third kappa shape index (κ3) is 2.24. The van der Waals surface area contributed by atoms with E-state index in [2.05, 4.69) is 11.6 Å². The molecule has 0 saturated carbocycles. The second-order valence-corrected chi connectivity index (χ2v) is 4.63. The van der Waals surface area contributed by atoms with Crippen LogP contribution in [0.2, 0.25) is 0 Å². The normalized spacial score (nSPS) is 38.6. The lowest BCUT2D eigenvalue weighted by Gasteiger charge is -2.35. The largest absolute Gasteiger partial charge is 0.394 e. The topological polar surface area (TPSA) is 118 Å². The summed E-state index contributed by atoms with van der Waals surface area (Å²) in [5.41, 5.74) is 0.281. The molecule has 2 heterocycles. The number of aliphatic hydroxyl groups is 3. The van der Waals surface area contributed by atoms with Crippen LogP contribution >= 0.6 is 0 Å². The fourth-order valence-corrected chi connectivity index (χ4v) is 2.14. The van der Waals surface area contributed by atoms with Crippen LogP contribution in [0, 0.1) is 0 Å². The maximum Gasteiger partial charge on any atom is 0.167 e. The lowest BCUT2D eigenvalue weighted by Crippen LogP contribution is -2.51. The minimum atomic E-state index is -1.60. The van der Waals surface area contributed by atoms with Crippen LogP contribution in [0.25, 0.3) is 0 Å². The lowest BCUT2D eigenvalue weighted by molar-refractivity contribution is -0.110. The van der Waals surface area contributed by atoms with Crippen LogP contribution in [0.15, 0.2) is 29.7 Å². The molecule has 0 radical (unpaired) electrons. The highest BCUT2D eigenvalue weighted by molar-refractivity contribution is 5.93. The van der Waals surface area contributed by atoms with Crippen LogP contribution in [0.4, 0.5) is 0 Å². The summed E-state index contributed by atoms with van der Waals surface area (Å²) in [7, 11) is 0. The Kier molecular flexibility index (Phi) is 3.61.